The molecule has 0 aromatic heterocycles. The Morgan fingerprint density at radius 3 is 2.40 bits per heavy atom. The molecule has 0 bridgehead atoms. The normalized spacial score (nSPS) is 11.3. The van der Waals surface area contributed by atoms with Crippen molar-refractivity contribution in [3.8, 4) is 5.75 Å². The summed E-state index contributed by atoms with van der Waals surface area (Å²) in [6.07, 6.45) is 6.51. The van der Waals surface area contributed by atoms with E-state index in [-0.39, 0.29) is 34.3 Å². The van der Waals surface area contributed by atoms with Crippen LogP contribution in [0.3, 0.4) is 0 Å². The Kier molecular flexibility index (Phi) is 12.9. The van der Waals surface area contributed by atoms with Gasteiger partial charge in [-0.15, -0.1) is 0 Å². The molecule has 0 saturated carbocycles. The molecule has 1 radical (unpaired) electrons. The van der Waals surface area contributed by atoms with Crippen LogP contribution in [0.4, 0.5) is 0 Å². The van der Waals surface area contributed by atoms with E-state index in [0.29, 0.717) is 19.4 Å². The maximum Gasteiger partial charge on any atom is 0.218 e. The zero-order valence-electron chi connectivity index (χ0n) is 14.8. The monoisotopic (exact) mass is 392 g/mol. The molecule has 5 nitrogen and oxygen atoms in total. The average Bonchev–Trinajstić information content (AvgIpc) is 2.56. The van der Waals surface area contributed by atoms with Gasteiger partial charge in [-0.1, -0.05) is 44.7 Å². The largest absolute Gasteiger partial charge is 0.508 e. The van der Waals surface area contributed by atoms with Crippen LogP contribution in [0.1, 0.15) is 51.0 Å². The number of hydrogen-bond acceptors (Lipinski definition) is 3. The molecule has 0 aliphatic rings. The minimum absolute atomic E-state index is 0. The molecule has 1 rings (SSSR count). The summed E-state index contributed by atoms with van der Waals surface area (Å²) in [5.74, 6) is -0.189. The summed E-state index contributed by atoms with van der Waals surface area (Å²) >= 11 is 0. The van der Waals surface area contributed by atoms with Gasteiger partial charge in [0, 0.05) is 29.7 Å². The van der Waals surface area contributed by atoms with E-state index in [9.17, 15) is 14.7 Å². The van der Waals surface area contributed by atoms with Crippen LogP contribution in [0.15, 0.2) is 24.3 Å². The van der Waals surface area contributed by atoms with Crippen molar-refractivity contribution in [1.82, 2.24) is 10.6 Å². The molecule has 0 fully saturated rings. The molecule has 0 aliphatic carbocycles. The van der Waals surface area contributed by atoms with Gasteiger partial charge in [-0.25, -0.2) is 0 Å². The molecule has 1 atom stereocenters. The summed E-state index contributed by atoms with van der Waals surface area (Å²) in [6, 6.07) is 6.07. The van der Waals surface area contributed by atoms with Gasteiger partial charge >= 0.3 is 0 Å². The zero-order valence-corrected chi connectivity index (χ0v) is 15.9. The number of benzene rings is 1. The first-order chi connectivity index (χ1) is 11.5. The van der Waals surface area contributed by atoms with Crippen LogP contribution in [-0.4, -0.2) is 29.5 Å². The van der Waals surface area contributed by atoms with Crippen LogP contribution < -0.4 is 10.6 Å². The second-order valence-corrected chi connectivity index (χ2v) is 5.99. The Labute approximate surface area is 161 Å². The SMILES string of the molecule is [CH2-]C(NC(=O)CCCCCCC)C(=O)NCCc1ccc(O)cc1.[Co]. The van der Waals surface area contributed by atoms with E-state index in [2.05, 4.69) is 24.5 Å². The Morgan fingerprint density at radius 1 is 1.12 bits per heavy atom. The first kappa shape index (κ1) is 23.5. The molecular formula is C19H29CoN2O3-. The van der Waals surface area contributed by atoms with Gasteiger partial charge in [0.2, 0.25) is 11.8 Å². The van der Waals surface area contributed by atoms with Gasteiger partial charge in [0.05, 0.1) is 0 Å². The van der Waals surface area contributed by atoms with Crippen molar-refractivity contribution < 1.29 is 31.5 Å². The Balaban J connectivity index is 0.00000576. The third kappa shape index (κ3) is 10.8. The topological polar surface area (TPSA) is 78.4 Å². The Bertz CT molecular complexity index is 506. The minimum Gasteiger partial charge on any atom is -0.508 e. The van der Waals surface area contributed by atoms with Crippen LogP contribution in [0, 0.1) is 6.92 Å². The van der Waals surface area contributed by atoms with Crippen molar-refractivity contribution in [1.29, 1.82) is 0 Å². The fraction of sp³-hybridized carbons (Fsp3) is 0.526. The predicted molar refractivity (Wildman–Crippen MR) is 95.5 cm³/mol. The van der Waals surface area contributed by atoms with Crippen molar-refractivity contribution in [2.75, 3.05) is 6.54 Å². The zero-order chi connectivity index (χ0) is 17.8. The van der Waals surface area contributed by atoms with Gasteiger partial charge in [0.25, 0.3) is 0 Å². The molecular weight excluding hydrogens is 363 g/mol. The molecule has 0 saturated heterocycles. The number of aromatic hydroxyl groups is 1. The Morgan fingerprint density at radius 2 is 1.76 bits per heavy atom. The van der Waals surface area contributed by atoms with Crippen LogP contribution in [-0.2, 0) is 32.8 Å². The summed E-state index contributed by atoms with van der Waals surface area (Å²) in [6.45, 7) is 6.31. The summed E-state index contributed by atoms with van der Waals surface area (Å²) in [5.41, 5.74) is 1.02. The fourth-order valence-corrected chi connectivity index (χ4v) is 2.34. The number of carbonyl (C=O) groups is 2. The van der Waals surface area contributed by atoms with Gasteiger partial charge < -0.3 is 22.7 Å². The van der Waals surface area contributed by atoms with Gasteiger partial charge in [0.15, 0.2) is 0 Å². The number of rotatable bonds is 11. The maximum atomic E-state index is 11.9. The molecule has 2 amide bonds. The van der Waals surface area contributed by atoms with Crippen LogP contribution in [0.2, 0.25) is 0 Å². The van der Waals surface area contributed by atoms with Crippen LogP contribution >= 0.6 is 0 Å². The molecule has 1 unspecified atom stereocenters. The summed E-state index contributed by atoms with van der Waals surface area (Å²) in [7, 11) is 0. The van der Waals surface area contributed by atoms with Gasteiger partial charge in [-0.2, -0.15) is 0 Å². The number of carbonyl (C=O) groups excluding carboxylic acids is 2. The first-order valence-electron chi connectivity index (χ1n) is 8.71. The van der Waals surface area contributed by atoms with Crippen molar-refractivity contribution in [2.45, 2.75) is 57.9 Å². The summed E-state index contributed by atoms with van der Waals surface area (Å²) in [4.78, 5) is 23.7. The van der Waals surface area contributed by atoms with E-state index in [0.717, 1.165) is 24.8 Å². The average molecular weight is 392 g/mol. The number of amides is 2. The van der Waals surface area contributed by atoms with Gasteiger partial charge in [-0.3, -0.25) is 9.59 Å². The fourth-order valence-electron chi connectivity index (χ4n) is 2.34. The van der Waals surface area contributed by atoms with Crippen molar-refractivity contribution >= 4 is 11.8 Å². The van der Waals surface area contributed by atoms with Gasteiger partial charge in [-0.05, 0) is 36.6 Å². The smallest absolute Gasteiger partial charge is 0.218 e. The Hall–Kier alpha value is -1.53. The number of nitrogens with one attached hydrogen (secondary N) is 2. The molecule has 1 aromatic carbocycles. The van der Waals surface area contributed by atoms with Crippen LogP contribution in [0.5, 0.6) is 5.75 Å². The standard InChI is InChI=1S/C19H29N2O3.Co/c1-3-4-5-6-7-8-18(23)21-15(2)19(24)20-14-13-16-9-11-17(22)12-10-16;/h9-12,15,22H,2-8,13-14H2,1H3,(H,20,24)(H,21,23);/q-1;. The van der Waals surface area contributed by atoms with Crippen LogP contribution in [0.25, 0.3) is 0 Å². The van der Waals surface area contributed by atoms with E-state index in [4.69, 9.17) is 0 Å². The summed E-state index contributed by atoms with van der Waals surface area (Å²) in [5, 5.41) is 14.6. The number of unbranched alkanes of at least 4 members (excludes halogenated alkanes) is 4. The molecule has 0 spiro atoms. The molecule has 0 aliphatic heterocycles. The maximum absolute atomic E-state index is 11.9. The summed E-state index contributed by atoms with van der Waals surface area (Å²) < 4.78 is 0. The van der Waals surface area contributed by atoms with E-state index >= 15 is 0 Å². The van der Waals surface area contributed by atoms with E-state index in [1.807, 2.05) is 12.1 Å². The number of phenols is 1. The van der Waals surface area contributed by atoms with Gasteiger partial charge in [0.1, 0.15) is 5.75 Å². The quantitative estimate of drug-likeness (QED) is 0.400. The molecule has 0 heterocycles. The van der Waals surface area contributed by atoms with E-state index in [1.165, 1.54) is 12.8 Å². The third-order valence-corrected chi connectivity index (χ3v) is 3.81. The molecule has 6 heteroatoms. The third-order valence-electron chi connectivity index (χ3n) is 3.81. The van der Waals surface area contributed by atoms with Crippen molar-refractivity contribution in [3.63, 3.8) is 0 Å². The molecule has 25 heavy (non-hydrogen) atoms. The van der Waals surface area contributed by atoms with Crippen molar-refractivity contribution in [3.05, 3.63) is 36.8 Å². The second kappa shape index (κ2) is 13.7. The molecule has 143 valence electrons. The second-order valence-electron chi connectivity index (χ2n) is 5.99. The predicted octanol–water partition coefficient (Wildman–Crippen LogP) is 2.73. The van der Waals surface area contributed by atoms with Crippen molar-refractivity contribution in [2.24, 2.45) is 0 Å². The van der Waals surface area contributed by atoms with E-state index in [1.54, 1.807) is 12.1 Å². The van der Waals surface area contributed by atoms with E-state index < -0.39 is 6.04 Å². The molecule has 1 aromatic rings. The molecule has 3 N–H and O–H groups in total. The number of phenolic OH excluding ortho intramolecular Hbond substituents is 1. The first-order valence-corrected chi connectivity index (χ1v) is 8.71. The minimum atomic E-state index is -0.770. The number of hydrogen-bond donors (Lipinski definition) is 3.